The fourth-order valence-corrected chi connectivity index (χ4v) is 1.55. The van der Waals surface area contributed by atoms with Gasteiger partial charge in [-0.3, -0.25) is 9.78 Å². The Kier molecular flexibility index (Phi) is 2.37. The summed E-state index contributed by atoms with van der Waals surface area (Å²) in [6.45, 7) is 1.55. The first kappa shape index (κ1) is 9.65. The topological polar surface area (TPSA) is 39.2 Å². The quantitative estimate of drug-likeness (QED) is 0.700. The molecule has 2 aromatic rings. The van der Waals surface area contributed by atoms with E-state index in [4.69, 9.17) is 4.74 Å². The highest BCUT2D eigenvalue weighted by Gasteiger charge is 2.06. The number of nitrogens with zero attached hydrogens (tertiary/aromatic N) is 1. The van der Waals surface area contributed by atoms with Crippen LogP contribution in [0.25, 0.3) is 10.9 Å². The molecule has 1 aromatic carbocycles. The average molecular weight is 201 g/mol. The normalized spacial score (nSPS) is 10.3. The van der Waals surface area contributed by atoms with Gasteiger partial charge in [0.2, 0.25) is 0 Å². The van der Waals surface area contributed by atoms with Gasteiger partial charge < -0.3 is 4.74 Å². The predicted octanol–water partition coefficient (Wildman–Crippen LogP) is 2.45. The first-order valence-corrected chi connectivity index (χ1v) is 4.66. The average Bonchev–Trinajstić information content (AvgIpc) is 2.27. The summed E-state index contributed by atoms with van der Waals surface area (Å²) in [6.07, 6.45) is 1.65. The first-order valence-electron chi connectivity index (χ1n) is 4.66. The van der Waals surface area contributed by atoms with Crippen molar-refractivity contribution < 1.29 is 9.53 Å². The van der Waals surface area contributed by atoms with Gasteiger partial charge in [-0.15, -0.1) is 0 Å². The molecule has 0 aliphatic heterocycles. The summed E-state index contributed by atoms with van der Waals surface area (Å²) in [7, 11) is 1.58. The molecule has 0 saturated carbocycles. The van der Waals surface area contributed by atoms with Crippen molar-refractivity contribution in [2.45, 2.75) is 6.92 Å². The minimum atomic E-state index is 0.0376. The summed E-state index contributed by atoms with van der Waals surface area (Å²) in [4.78, 5) is 15.6. The molecule has 2 rings (SSSR count). The summed E-state index contributed by atoms with van der Waals surface area (Å²) in [5.41, 5.74) is 1.49. The zero-order valence-electron chi connectivity index (χ0n) is 8.65. The van der Waals surface area contributed by atoms with Gasteiger partial charge in [-0.25, -0.2) is 0 Å². The molecule has 0 radical (unpaired) electrons. The lowest BCUT2D eigenvalue weighted by Crippen LogP contribution is -1.95. The maximum Gasteiger partial charge on any atom is 0.160 e. The van der Waals surface area contributed by atoms with Crippen molar-refractivity contribution in [1.82, 2.24) is 4.98 Å². The molecule has 0 aliphatic carbocycles. The fourth-order valence-electron chi connectivity index (χ4n) is 1.55. The monoisotopic (exact) mass is 201 g/mol. The van der Waals surface area contributed by atoms with Crippen molar-refractivity contribution in [2.75, 3.05) is 7.11 Å². The molecule has 0 amide bonds. The summed E-state index contributed by atoms with van der Waals surface area (Å²) < 4.78 is 5.08. The summed E-state index contributed by atoms with van der Waals surface area (Å²) in [5.74, 6) is 0.701. The highest BCUT2D eigenvalue weighted by molar-refractivity contribution is 6.06. The molecule has 0 saturated heterocycles. The van der Waals surface area contributed by atoms with Crippen LogP contribution in [0.3, 0.4) is 0 Å². The lowest BCUT2D eigenvalue weighted by atomic mass is 10.1. The molecule has 1 aromatic heterocycles. The number of benzene rings is 1. The number of hydrogen-bond acceptors (Lipinski definition) is 3. The van der Waals surface area contributed by atoms with Crippen molar-refractivity contribution in [1.29, 1.82) is 0 Å². The first-order chi connectivity index (χ1) is 7.22. The second kappa shape index (κ2) is 3.69. The molecular weight excluding hydrogens is 190 g/mol. The number of aromatic nitrogens is 1. The van der Waals surface area contributed by atoms with Crippen molar-refractivity contribution in [3.8, 4) is 5.75 Å². The molecule has 3 heteroatoms. The zero-order chi connectivity index (χ0) is 10.8. The maximum absolute atomic E-state index is 11.4. The van der Waals surface area contributed by atoms with Gasteiger partial charge in [0.1, 0.15) is 5.75 Å². The molecule has 0 atom stereocenters. The number of ether oxygens (including phenoxy) is 1. The van der Waals surface area contributed by atoms with Crippen LogP contribution in [0, 0.1) is 0 Å². The van der Waals surface area contributed by atoms with Crippen LogP contribution in [0.1, 0.15) is 17.3 Å². The number of carbonyl (C=O) groups excluding carboxylic acids is 1. The van der Waals surface area contributed by atoms with Gasteiger partial charge in [0.05, 0.1) is 18.8 Å². The van der Waals surface area contributed by atoms with Crippen LogP contribution in [0.4, 0.5) is 0 Å². The third-order valence-corrected chi connectivity index (χ3v) is 2.32. The van der Waals surface area contributed by atoms with Crippen LogP contribution in [0.2, 0.25) is 0 Å². The number of carbonyl (C=O) groups is 1. The Hall–Kier alpha value is -1.90. The molecule has 15 heavy (non-hydrogen) atoms. The van der Waals surface area contributed by atoms with Crippen molar-refractivity contribution in [3.05, 3.63) is 36.0 Å². The molecule has 76 valence electrons. The Labute approximate surface area is 87.7 Å². The number of pyridine rings is 1. The van der Waals surface area contributed by atoms with Gasteiger partial charge in [-0.05, 0) is 19.1 Å². The number of hydrogen-bond donors (Lipinski definition) is 0. The second-order valence-corrected chi connectivity index (χ2v) is 3.30. The summed E-state index contributed by atoms with van der Waals surface area (Å²) >= 11 is 0. The Morgan fingerprint density at radius 1 is 1.40 bits per heavy atom. The van der Waals surface area contributed by atoms with Crippen molar-refractivity contribution >= 4 is 16.7 Å². The smallest absolute Gasteiger partial charge is 0.160 e. The van der Waals surface area contributed by atoms with Crippen LogP contribution in [-0.2, 0) is 0 Å². The van der Waals surface area contributed by atoms with Gasteiger partial charge >= 0.3 is 0 Å². The van der Waals surface area contributed by atoms with E-state index in [0.29, 0.717) is 11.3 Å². The number of methoxy groups -OCH3 is 1. The van der Waals surface area contributed by atoms with E-state index >= 15 is 0 Å². The number of fused-ring (bicyclic) bond motifs is 1. The van der Waals surface area contributed by atoms with Crippen LogP contribution >= 0.6 is 0 Å². The van der Waals surface area contributed by atoms with E-state index in [9.17, 15) is 4.79 Å². The van der Waals surface area contributed by atoms with Crippen LogP contribution < -0.4 is 4.74 Å². The van der Waals surface area contributed by atoms with Crippen molar-refractivity contribution in [3.63, 3.8) is 0 Å². The zero-order valence-corrected chi connectivity index (χ0v) is 8.65. The van der Waals surface area contributed by atoms with E-state index in [1.165, 1.54) is 0 Å². The van der Waals surface area contributed by atoms with Crippen LogP contribution in [0.5, 0.6) is 5.75 Å². The number of Topliss-reactive ketones (excluding diaryl/α,β-unsaturated/α-hetero) is 1. The lowest BCUT2D eigenvalue weighted by molar-refractivity contribution is 0.101. The van der Waals surface area contributed by atoms with Crippen LogP contribution in [0.15, 0.2) is 30.5 Å². The van der Waals surface area contributed by atoms with Gasteiger partial charge in [-0.2, -0.15) is 0 Å². The molecular formula is C12H11NO2. The largest absolute Gasteiger partial charge is 0.495 e. The van der Waals surface area contributed by atoms with E-state index in [-0.39, 0.29) is 5.78 Å². The molecule has 0 bridgehead atoms. The summed E-state index contributed by atoms with van der Waals surface area (Å²) in [6, 6.07) is 7.34. The molecule has 1 heterocycles. The molecule has 3 nitrogen and oxygen atoms in total. The number of rotatable bonds is 2. The van der Waals surface area contributed by atoms with E-state index in [2.05, 4.69) is 4.98 Å². The molecule has 0 spiro atoms. The number of ketones is 1. The molecule has 0 aliphatic rings. The Balaban J connectivity index is 2.76. The Bertz CT molecular complexity index is 520. The highest BCUT2D eigenvalue weighted by Crippen LogP contribution is 2.21. The predicted molar refractivity (Wildman–Crippen MR) is 58.3 cm³/mol. The Morgan fingerprint density at radius 2 is 2.20 bits per heavy atom. The van der Waals surface area contributed by atoms with E-state index in [1.807, 2.05) is 18.2 Å². The SMILES string of the molecule is COc1cnc2cccc(C(C)=O)c2c1. The van der Waals surface area contributed by atoms with Gasteiger partial charge in [0.15, 0.2) is 5.78 Å². The standard InChI is InChI=1S/C12H11NO2/c1-8(14)10-4-3-5-12-11(10)6-9(15-2)7-13-12/h3-7H,1-2H3. The maximum atomic E-state index is 11.4. The third kappa shape index (κ3) is 1.68. The molecule has 0 unspecified atom stereocenters. The summed E-state index contributed by atoms with van der Waals surface area (Å²) in [5, 5.41) is 0.837. The van der Waals surface area contributed by atoms with E-state index in [0.717, 1.165) is 10.9 Å². The highest BCUT2D eigenvalue weighted by atomic mass is 16.5. The van der Waals surface area contributed by atoms with Gasteiger partial charge in [-0.1, -0.05) is 12.1 Å². The second-order valence-electron chi connectivity index (χ2n) is 3.30. The Morgan fingerprint density at radius 3 is 2.87 bits per heavy atom. The minimum Gasteiger partial charge on any atom is -0.495 e. The van der Waals surface area contributed by atoms with Crippen LogP contribution in [-0.4, -0.2) is 17.9 Å². The van der Waals surface area contributed by atoms with Crippen molar-refractivity contribution in [2.24, 2.45) is 0 Å². The third-order valence-electron chi connectivity index (χ3n) is 2.32. The minimum absolute atomic E-state index is 0.0376. The van der Waals surface area contributed by atoms with E-state index in [1.54, 1.807) is 26.3 Å². The van der Waals surface area contributed by atoms with E-state index < -0.39 is 0 Å². The fraction of sp³-hybridized carbons (Fsp3) is 0.167. The van der Waals surface area contributed by atoms with Gasteiger partial charge in [0, 0.05) is 10.9 Å². The lowest BCUT2D eigenvalue weighted by Gasteiger charge is -2.04. The van der Waals surface area contributed by atoms with Gasteiger partial charge in [0.25, 0.3) is 0 Å². The molecule has 0 fully saturated rings. The molecule has 0 N–H and O–H groups in total.